The zero-order chi connectivity index (χ0) is 32.0. The highest BCUT2D eigenvalue weighted by atomic mass is 35.5. The number of hydrogen-bond donors (Lipinski definition) is 1. The van der Waals surface area contributed by atoms with E-state index >= 15 is 4.39 Å². The van der Waals surface area contributed by atoms with E-state index in [1.807, 2.05) is 0 Å². The molecule has 1 N–H and O–H groups in total. The number of amides is 1. The first-order chi connectivity index (χ1) is 20.8. The Kier molecular flexibility index (Phi) is 11.0. The Morgan fingerprint density at radius 3 is 2.55 bits per heavy atom. The van der Waals surface area contributed by atoms with Gasteiger partial charge < -0.3 is 14.6 Å². The molecule has 1 aliphatic rings. The van der Waals surface area contributed by atoms with Crippen LogP contribution in [-0.2, 0) is 27.1 Å². The van der Waals surface area contributed by atoms with Gasteiger partial charge in [-0.3, -0.25) is 14.7 Å². The molecule has 3 aromatic rings. The molecule has 1 aliphatic heterocycles. The van der Waals surface area contributed by atoms with Crippen LogP contribution in [0.4, 0.5) is 18.0 Å². The molecule has 0 unspecified atom stereocenters. The maximum absolute atomic E-state index is 15.1. The molecule has 0 spiro atoms. The Morgan fingerprint density at radius 2 is 1.86 bits per heavy atom. The number of benzene rings is 2. The molecule has 1 aromatic heterocycles. The molecule has 11 heteroatoms. The zero-order valence-electron chi connectivity index (χ0n) is 24.9. The van der Waals surface area contributed by atoms with Crippen LogP contribution in [0.15, 0.2) is 54.9 Å². The largest absolute Gasteiger partial charge is 0.444 e. The van der Waals surface area contributed by atoms with E-state index in [4.69, 9.17) is 21.1 Å². The van der Waals surface area contributed by atoms with Crippen molar-refractivity contribution in [3.63, 3.8) is 0 Å². The Bertz CT molecular complexity index is 1480. The van der Waals surface area contributed by atoms with Crippen LogP contribution in [0.1, 0.15) is 61.8 Å². The van der Waals surface area contributed by atoms with E-state index in [-0.39, 0.29) is 49.8 Å². The number of ketones is 1. The highest BCUT2D eigenvalue weighted by Crippen LogP contribution is 2.32. The van der Waals surface area contributed by atoms with E-state index in [1.165, 1.54) is 41.4 Å². The highest BCUT2D eigenvalue weighted by molar-refractivity contribution is 6.30. The van der Waals surface area contributed by atoms with Crippen LogP contribution >= 0.6 is 11.6 Å². The second-order valence-corrected chi connectivity index (χ2v) is 12.3. The van der Waals surface area contributed by atoms with Crippen LogP contribution in [-0.4, -0.2) is 64.4 Å². The molecule has 7 nitrogen and oxygen atoms in total. The minimum Gasteiger partial charge on any atom is -0.444 e. The Balaban J connectivity index is 1.48. The molecule has 44 heavy (non-hydrogen) atoms. The number of aliphatic hydroxyl groups excluding tert-OH is 1. The summed E-state index contributed by atoms with van der Waals surface area (Å²) in [6, 6.07) is 9.40. The van der Waals surface area contributed by atoms with Crippen molar-refractivity contribution in [3.8, 4) is 0 Å². The van der Waals surface area contributed by atoms with Crippen LogP contribution in [0, 0.1) is 17.5 Å². The fourth-order valence-corrected chi connectivity index (χ4v) is 5.38. The lowest BCUT2D eigenvalue weighted by Gasteiger charge is -2.39. The molecule has 0 saturated carbocycles. The van der Waals surface area contributed by atoms with Gasteiger partial charge in [-0.15, -0.1) is 0 Å². The van der Waals surface area contributed by atoms with Gasteiger partial charge in [0.25, 0.3) is 0 Å². The van der Waals surface area contributed by atoms with E-state index in [0.717, 1.165) is 6.20 Å². The second kappa shape index (κ2) is 14.5. The number of aliphatic hydroxyl groups is 1. The predicted molar refractivity (Wildman–Crippen MR) is 159 cm³/mol. The Labute approximate surface area is 260 Å². The molecule has 2 aromatic carbocycles. The molecule has 4 rings (SSSR count). The predicted octanol–water partition coefficient (Wildman–Crippen LogP) is 6.42. The van der Waals surface area contributed by atoms with Crippen LogP contribution < -0.4 is 0 Å². The number of nitrogens with zero attached hydrogens (tertiary/aromatic N) is 2. The molecule has 2 heterocycles. The molecule has 1 saturated heterocycles. The summed E-state index contributed by atoms with van der Waals surface area (Å²) in [5, 5.41) is 9.67. The number of rotatable bonds is 10. The summed E-state index contributed by atoms with van der Waals surface area (Å²) in [4.78, 5) is 31.5. The number of morpholine rings is 1. The van der Waals surface area contributed by atoms with Gasteiger partial charge in [-0.2, -0.15) is 0 Å². The average molecular weight is 633 g/mol. The molecule has 3 atom stereocenters. The number of Topliss-reactive ketones (excluding diaryl/α,β-unsaturated/α-hetero) is 1. The number of carbonyl (C=O) groups excluding carboxylic acids is 2. The first-order valence-electron chi connectivity index (χ1n) is 14.4. The number of halogens is 4. The van der Waals surface area contributed by atoms with E-state index < -0.39 is 47.2 Å². The summed E-state index contributed by atoms with van der Waals surface area (Å²) >= 11 is 5.86. The summed E-state index contributed by atoms with van der Waals surface area (Å²) in [7, 11) is 0. The molecular weight excluding hydrogens is 597 g/mol. The minimum absolute atomic E-state index is 0.0726. The van der Waals surface area contributed by atoms with E-state index in [0.29, 0.717) is 28.7 Å². The molecule has 0 bridgehead atoms. The number of pyridine rings is 1. The second-order valence-electron chi connectivity index (χ2n) is 11.9. The zero-order valence-corrected chi connectivity index (χ0v) is 25.6. The normalized spacial score (nSPS) is 17.8. The number of hydrogen-bond acceptors (Lipinski definition) is 6. The van der Waals surface area contributed by atoms with Crippen molar-refractivity contribution >= 4 is 23.5 Å². The van der Waals surface area contributed by atoms with Crippen molar-refractivity contribution in [2.75, 3.05) is 19.8 Å². The van der Waals surface area contributed by atoms with Crippen molar-refractivity contribution in [2.24, 2.45) is 0 Å². The van der Waals surface area contributed by atoms with Gasteiger partial charge >= 0.3 is 6.09 Å². The lowest BCUT2D eigenvalue weighted by atomic mass is 9.85. The summed E-state index contributed by atoms with van der Waals surface area (Å²) < 4.78 is 54.9. The van der Waals surface area contributed by atoms with E-state index in [2.05, 4.69) is 4.98 Å². The van der Waals surface area contributed by atoms with Crippen molar-refractivity contribution in [3.05, 3.63) is 99.6 Å². The van der Waals surface area contributed by atoms with Gasteiger partial charge in [0.1, 0.15) is 28.8 Å². The van der Waals surface area contributed by atoms with E-state index in [1.54, 1.807) is 32.9 Å². The summed E-state index contributed by atoms with van der Waals surface area (Å²) in [5.74, 6) is -2.67. The molecule has 0 radical (unpaired) electrons. The van der Waals surface area contributed by atoms with Crippen LogP contribution in [0.5, 0.6) is 0 Å². The van der Waals surface area contributed by atoms with Crippen LogP contribution in [0.25, 0.3) is 0 Å². The number of ether oxygens (including phenoxy) is 2. The average Bonchev–Trinajstić information content (AvgIpc) is 2.96. The van der Waals surface area contributed by atoms with Gasteiger partial charge in [-0.25, -0.2) is 18.0 Å². The lowest BCUT2D eigenvalue weighted by molar-refractivity contribution is -0.118. The first-order valence-corrected chi connectivity index (χ1v) is 14.8. The quantitative estimate of drug-likeness (QED) is 0.278. The van der Waals surface area contributed by atoms with Crippen molar-refractivity contribution < 1.29 is 37.3 Å². The fraction of sp³-hybridized carbons (Fsp3) is 0.424. The van der Waals surface area contributed by atoms with Gasteiger partial charge in [-0.1, -0.05) is 29.8 Å². The number of carbonyl (C=O) groups is 2. The van der Waals surface area contributed by atoms with Gasteiger partial charge in [0.15, 0.2) is 0 Å². The number of aromatic nitrogens is 1. The van der Waals surface area contributed by atoms with Gasteiger partial charge in [0.2, 0.25) is 0 Å². The summed E-state index contributed by atoms with van der Waals surface area (Å²) in [6.45, 7) is 5.20. The first kappa shape index (κ1) is 33.4. The molecule has 0 aliphatic carbocycles. The van der Waals surface area contributed by atoms with Gasteiger partial charge in [0, 0.05) is 25.0 Å². The fourth-order valence-electron chi connectivity index (χ4n) is 5.26. The molecule has 1 fully saturated rings. The standard InChI is InChI=1S/C33H36ClF3N2O5/c1-33(2,3)44-32(42)39-17-26(43-19-24(39)18-40)8-9-27-22(15-38-16-31(27)37)12-25(41)14-28(20-5-4-6-23(35)11-20)21-7-10-29(34)30(36)13-21/h4-7,10-11,13,15-16,24,26,28,40H,8-9,12,14,17-19H2,1-3H3/t24-,26-,28-/m1/s1. The third-order valence-electron chi connectivity index (χ3n) is 7.43. The third kappa shape index (κ3) is 8.80. The summed E-state index contributed by atoms with van der Waals surface area (Å²) in [5.41, 5.74) is 0.909. The van der Waals surface area contributed by atoms with Crippen molar-refractivity contribution in [1.82, 2.24) is 9.88 Å². The van der Waals surface area contributed by atoms with Crippen LogP contribution in [0.2, 0.25) is 5.02 Å². The smallest absolute Gasteiger partial charge is 0.410 e. The Hall–Kier alpha value is -3.47. The van der Waals surface area contributed by atoms with Gasteiger partial charge in [0.05, 0.1) is 43.1 Å². The topological polar surface area (TPSA) is 89.0 Å². The van der Waals surface area contributed by atoms with Gasteiger partial charge in [-0.05, 0) is 80.1 Å². The van der Waals surface area contributed by atoms with Crippen molar-refractivity contribution in [1.29, 1.82) is 0 Å². The SMILES string of the molecule is CC(C)(C)OC(=O)N1C[C@@H](CCc2c(F)cncc2CC(=O)C[C@H](c2cccc(F)c2)c2ccc(Cl)c(F)c2)OC[C@H]1CO. The highest BCUT2D eigenvalue weighted by Gasteiger charge is 2.35. The molecule has 1 amide bonds. The minimum atomic E-state index is -0.720. The summed E-state index contributed by atoms with van der Waals surface area (Å²) in [6.07, 6.45) is 1.76. The maximum atomic E-state index is 15.1. The lowest BCUT2D eigenvalue weighted by Crippen LogP contribution is -2.55. The van der Waals surface area contributed by atoms with Crippen LogP contribution in [0.3, 0.4) is 0 Å². The third-order valence-corrected chi connectivity index (χ3v) is 7.74. The Morgan fingerprint density at radius 1 is 1.11 bits per heavy atom. The maximum Gasteiger partial charge on any atom is 0.410 e. The molecule has 236 valence electrons. The van der Waals surface area contributed by atoms with Crippen molar-refractivity contribution in [2.45, 2.75) is 70.1 Å². The van der Waals surface area contributed by atoms with E-state index in [9.17, 15) is 23.5 Å². The molecular formula is C33H36ClF3N2O5. The monoisotopic (exact) mass is 632 g/mol.